The van der Waals surface area contributed by atoms with E-state index in [4.69, 9.17) is 0 Å². The predicted octanol–water partition coefficient (Wildman–Crippen LogP) is 3.41. The summed E-state index contributed by atoms with van der Waals surface area (Å²) >= 11 is 0. The molecule has 0 aliphatic heterocycles. The normalized spacial score (nSPS) is 10.6. The second-order valence-electron chi connectivity index (χ2n) is 4.81. The smallest absolute Gasteiger partial charge is 0.141 e. The maximum Gasteiger partial charge on any atom is 0.141 e. The van der Waals surface area contributed by atoms with Gasteiger partial charge in [0.1, 0.15) is 11.6 Å². The molecule has 3 nitrogen and oxygen atoms in total. The number of nitrogens with one attached hydrogen (secondary N) is 1. The molecule has 0 amide bonds. The lowest BCUT2D eigenvalue weighted by Crippen LogP contribution is -2.18. The van der Waals surface area contributed by atoms with Crippen molar-refractivity contribution in [1.82, 2.24) is 10.3 Å². The number of nitrogens with zero attached hydrogens (tertiary/aromatic N) is 2. The van der Waals surface area contributed by atoms with Crippen LogP contribution in [0.4, 0.5) is 15.9 Å². The van der Waals surface area contributed by atoms with Crippen LogP contribution in [0.25, 0.3) is 0 Å². The van der Waals surface area contributed by atoms with Crippen molar-refractivity contribution in [2.24, 2.45) is 0 Å². The van der Waals surface area contributed by atoms with Crippen LogP contribution in [-0.4, -0.2) is 18.6 Å². The molecule has 0 unspecified atom stereocenters. The van der Waals surface area contributed by atoms with Gasteiger partial charge in [-0.05, 0) is 31.7 Å². The quantitative estimate of drug-likeness (QED) is 0.905. The molecule has 1 N–H and O–H groups in total. The van der Waals surface area contributed by atoms with Crippen LogP contribution < -0.4 is 10.2 Å². The van der Waals surface area contributed by atoms with Gasteiger partial charge in [0.15, 0.2) is 0 Å². The van der Waals surface area contributed by atoms with Gasteiger partial charge in [0.25, 0.3) is 0 Å². The van der Waals surface area contributed by atoms with Crippen molar-refractivity contribution < 1.29 is 4.39 Å². The van der Waals surface area contributed by atoms with Gasteiger partial charge in [-0.3, -0.25) is 0 Å². The Morgan fingerprint density at radius 3 is 2.60 bits per heavy atom. The molecule has 2 rings (SSSR count). The van der Waals surface area contributed by atoms with E-state index in [-0.39, 0.29) is 5.82 Å². The molecule has 0 radical (unpaired) electrons. The number of hydrogen-bond acceptors (Lipinski definition) is 3. The maximum absolute atomic E-state index is 13.4. The lowest BCUT2D eigenvalue weighted by atomic mass is 10.2. The Morgan fingerprint density at radius 2 is 1.95 bits per heavy atom. The number of halogens is 1. The summed E-state index contributed by atoms with van der Waals surface area (Å²) in [5.74, 6) is 0.468. The third kappa shape index (κ3) is 3.33. The highest BCUT2D eigenvalue weighted by atomic mass is 19.1. The van der Waals surface area contributed by atoms with Crippen LogP contribution in [-0.2, 0) is 6.54 Å². The molecule has 0 saturated heterocycles. The molecule has 0 aliphatic rings. The van der Waals surface area contributed by atoms with E-state index in [9.17, 15) is 4.39 Å². The van der Waals surface area contributed by atoms with Gasteiger partial charge in [0.2, 0.25) is 0 Å². The molecule has 4 heteroatoms. The SMILES string of the molecule is CCNCc1cc(F)cnc1N(C)c1ccc(C)cc1. The number of anilines is 2. The van der Waals surface area contributed by atoms with Crippen LogP contribution in [0.3, 0.4) is 0 Å². The van der Waals surface area contributed by atoms with Gasteiger partial charge in [-0.25, -0.2) is 9.37 Å². The molecule has 20 heavy (non-hydrogen) atoms. The summed E-state index contributed by atoms with van der Waals surface area (Å²) in [4.78, 5) is 6.22. The van der Waals surface area contributed by atoms with E-state index in [1.165, 1.54) is 17.8 Å². The van der Waals surface area contributed by atoms with Gasteiger partial charge in [-0.1, -0.05) is 24.6 Å². The lowest BCUT2D eigenvalue weighted by molar-refractivity contribution is 0.614. The lowest BCUT2D eigenvalue weighted by Gasteiger charge is -2.21. The zero-order valence-corrected chi connectivity index (χ0v) is 12.2. The fraction of sp³-hybridized carbons (Fsp3) is 0.312. The van der Waals surface area contributed by atoms with E-state index in [1.807, 2.05) is 31.0 Å². The summed E-state index contributed by atoms with van der Waals surface area (Å²) < 4.78 is 13.4. The number of aromatic nitrogens is 1. The van der Waals surface area contributed by atoms with Gasteiger partial charge in [-0.15, -0.1) is 0 Å². The number of aryl methyl sites for hydroxylation is 1. The minimum atomic E-state index is -0.307. The van der Waals surface area contributed by atoms with Crippen molar-refractivity contribution in [2.75, 3.05) is 18.5 Å². The monoisotopic (exact) mass is 273 g/mol. The first-order valence-corrected chi connectivity index (χ1v) is 6.77. The van der Waals surface area contributed by atoms with Gasteiger partial charge in [-0.2, -0.15) is 0 Å². The molecule has 0 bridgehead atoms. The summed E-state index contributed by atoms with van der Waals surface area (Å²) in [7, 11) is 1.94. The summed E-state index contributed by atoms with van der Waals surface area (Å²) in [6, 6.07) is 9.73. The van der Waals surface area contributed by atoms with E-state index in [2.05, 4.69) is 29.4 Å². The van der Waals surface area contributed by atoms with Gasteiger partial charge in [0, 0.05) is 24.8 Å². The molecule has 1 heterocycles. The van der Waals surface area contributed by atoms with Crippen LogP contribution in [0.5, 0.6) is 0 Å². The van der Waals surface area contributed by atoms with E-state index in [0.717, 1.165) is 23.6 Å². The van der Waals surface area contributed by atoms with E-state index >= 15 is 0 Å². The first-order chi connectivity index (χ1) is 9.61. The Morgan fingerprint density at radius 1 is 1.25 bits per heavy atom. The van der Waals surface area contributed by atoms with Crippen molar-refractivity contribution >= 4 is 11.5 Å². The Bertz CT molecular complexity index is 566. The zero-order valence-electron chi connectivity index (χ0n) is 12.2. The fourth-order valence-corrected chi connectivity index (χ4v) is 2.06. The topological polar surface area (TPSA) is 28.2 Å². The molecule has 0 spiro atoms. The van der Waals surface area contributed by atoms with E-state index < -0.39 is 0 Å². The second kappa shape index (κ2) is 6.48. The molecule has 1 aromatic carbocycles. The Labute approximate surface area is 119 Å². The van der Waals surface area contributed by atoms with Crippen LogP contribution in [0.2, 0.25) is 0 Å². The van der Waals surface area contributed by atoms with Gasteiger partial charge < -0.3 is 10.2 Å². The molecule has 2 aromatic rings. The standard InChI is InChI=1S/C16H20FN3/c1-4-18-10-13-9-14(17)11-19-16(13)20(3)15-7-5-12(2)6-8-15/h5-9,11,18H,4,10H2,1-3H3. The Balaban J connectivity index is 2.32. The number of rotatable bonds is 5. The highest BCUT2D eigenvalue weighted by Crippen LogP contribution is 2.25. The highest BCUT2D eigenvalue weighted by Gasteiger charge is 2.11. The third-order valence-corrected chi connectivity index (χ3v) is 3.21. The molecule has 0 aliphatic carbocycles. The van der Waals surface area contributed by atoms with Crippen molar-refractivity contribution in [3.63, 3.8) is 0 Å². The van der Waals surface area contributed by atoms with Gasteiger partial charge >= 0.3 is 0 Å². The zero-order chi connectivity index (χ0) is 14.5. The number of hydrogen-bond donors (Lipinski definition) is 1. The maximum atomic E-state index is 13.4. The van der Waals surface area contributed by atoms with Crippen LogP contribution in [0.15, 0.2) is 36.5 Å². The van der Waals surface area contributed by atoms with E-state index in [0.29, 0.717) is 6.54 Å². The summed E-state index contributed by atoms with van der Waals surface area (Å²) in [6.45, 7) is 5.52. The van der Waals surface area contributed by atoms with Crippen LogP contribution in [0, 0.1) is 12.7 Å². The number of pyridine rings is 1. The summed E-state index contributed by atoms with van der Waals surface area (Å²) in [5, 5.41) is 3.21. The minimum Gasteiger partial charge on any atom is -0.329 e. The molecule has 0 atom stereocenters. The largest absolute Gasteiger partial charge is 0.329 e. The minimum absolute atomic E-state index is 0.307. The molecule has 106 valence electrons. The first-order valence-electron chi connectivity index (χ1n) is 6.77. The summed E-state index contributed by atoms with van der Waals surface area (Å²) in [5.41, 5.74) is 3.10. The van der Waals surface area contributed by atoms with Crippen molar-refractivity contribution in [2.45, 2.75) is 20.4 Å². The van der Waals surface area contributed by atoms with Crippen molar-refractivity contribution in [3.8, 4) is 0 Å². The first kappa shape index (κ1) is 14.5. The summed E-state index contributed by atoms with van der Waals surface area (Å²) in [6.07, 6.45) is 1.26. The highest BCUT2D eigenvalue weighted by molar-refractivity contribution is 5.62. The Hall–Kier alpha value is -1.94. The van der Waals surface area contributed by atoms with Gasteiger partial charge in [0.05, 0.1) is 6.20 Å². The molecule has 1 aromatic heterocycles. The molecular formula is C16H20FN3. The fourth-order valence-electron chi connectivity index (χ4n) is 2.06. The van der Waals surface area contributed by atoms with Crippen molar-refractivity contribution in [1.29, 1.82) is 0 Å². The predicted molar refractivity (Wildman–Crippen MR) is 80.8 cm³/mol. The molecular weight excluding hydrogens is 253 g/mol. The third-order valence-electron chi connectivity index (χ3n) is 3.21. The van der Waals surface area contributed by atoms with Crippen LogP contribution >= 0.6 is 0 Å². The molecule has 0 saturated carbocycles. The average Bonchev–Trinajstić information content (AvgIpc) is 2.45. The number of benzene rings is 1. The van der Waals surface area contributed by atoms with E-state index in [1.54, 1.807) is 0 Å². The molecule has 0 fully saturated rings. The average molecular weight is 273 g/mol. The van der Waals surface area contributed by atoms with Crippen molar-refractivity contribution in [3.05, 3.63) is 53.5 Å². The Kier molecular flexibility index (Phi) is 4.69. The second-order valence-corrected chi connectivity index (χ2v) is 4.81. The van der Waals surface area contributed by atoms with Crippen LogP contribution in [0.1, 0.15) is 18.1 Å².